The number of hydrogen-bond donors (Lipinski definition) is 1. The number of carbonyl (C=O) groups is 7. The van der Waals surface area contributed by atoms with Crippen LogP contribution in [-0.2, 0) is 73.8 Å². The molecule has 20 heteroatoms. The molecule has 4 aromatic carbocycles. The molecule has 0 bridgehead atoms. The average molecular weight is 1140 g/mol. The van der Waals surface area contributed by atoms with Crippen LogP contribution < -0.4 is 0 Å². The molecule has 19 nitrogen and oxygen atoms in total. The van der Waals surface area contributed by atoms with Crippen LogP contribution in [0.25, 0.3) is 22.3 Å². The number of aryl methyl sites for hydroxylation is 1. The summed E-state index contributed by atoms with van der Waals surface area (Å²) in [6.45, 7) is 15.7. The molecule has 0 saturated carbocycles. The number of rotatable bonds is 15. The fraction of sp³-hybridized carbons (Fsp3) is 0.426. The molecule has 0 spiro atoms. The van der Waals surface area contributed by atoms with E-state index in [9.17, 15) is 33.6 Å². The number of methoxy groups -OCH3 is 2. The number of hydrogen-bond acceptors (Lipinski definition) is 17. The van der Waals surface area contributed by atoms with E-state index in [2.05, 4.69) is 55.6 Å². The number of amides is 1. The number of fused-ring (bicyclic) bond motifs is 6. The molecule has 1 aromatic heterocycles. The van der Waals surface area contributed by atoms with Gasteiger partial charge in [0.1, 0.15) is 19.3 Å². The van der Waals surface area contributed by atoms with Crippen molar-refractivity contribution in [1.29, 1.82) is 0 Å². The zero-order chi connectivity index (χ0) is 60.1. The normalized spacial score (nSPS) is 12.5. The van der Waals surface area contributed by atoms with Gasteiger partial charge in [-0.2, -0.15) is 9.59 Å². The third kappa shape index (κ3) is 23.3. The molecule has 0 aliphatic heterocycles. The monoisotopic (exact) mass is 1140 g/mol. The van der Waals surface area contributed by atoms with Crippen LogP contribution in [0.3, 0.4) is 0 Å². The van der Waals surface area contributed by atoms with E-state index in [1.807, 2.05) is 92.3 Å². The SMILES string of the molecule is CC(C)O.CC(C)OC(=O)OC(=O)C(C)CC(=O)OCC1c2ccccc2-c2ccccc21.CCC(C)C(=O)OC.COC(=O)C(C)N(C)C(=O)C(C)CC(=O)OCC1c2ccccc2-c2ccccc21.Cl.Cn1ccnc1.O=C=O. The van der Waals surface area contributed by atoms with Crippen LogP contribution in [0.4, 0.5) is 4.79 Å². The third-order valence-corrected chi connectivity index (χ3v) is 12.4. The molecule has 1 N–H and O–H groups in total. The van der Waals surface area contributed by atoms with Gasteiger partial charge in [-0.15, -0.1) is 12.4 Å². The Kier molecular flexibility index (Phi) is 32.5. The number of ether oxygens (including phenoxy) is 6. The predicted octanol–water partition coefficient (Wildman–Crippen LogP) is 9.70. The molecule has 2 aliphatic carbocycles. The van der Waals surface area contributed by atoms with Crippen LogP contribution in [0.5, 0.6) is 0 Å². The second kappa shape index (κ2) is 37.0. The van der Waals surface area contributed by atoms with Crippen LogP contribution in [0, 0.1) is 17.8 Å². The van der Waals surface area contributed by atoms with E-state index < -0.39 is 54.0 Å². The lowest BCUT2D eigenvalue weighted by Gasteiger charge is -2.25. The van der Waals surface area contributed by atoms with Gasteiger partial charge in [-0.1, -0.05) is 125 Å². The first-order valence-corrected chi connectivity index (χ1v) is 26.1. The number of benzene rings is 4. The van der Waals surface area contributed by atoms with E-state index in [-0.39, 0.29) is 80.3 Å². The summed E-state index contributed by atoms with van der Waals surface area (Å²) in [5.74, 6) is -4.12. The van der Waals surface area contributed by atoms with Gasteiger partial charge < -0.3 is 43.0 Å². The van der Waals surface area contributed by atoms with E-state index in [0.717, 1.165) is 50.9 Å². The van der Waals surface area contributed by atoms with Crippen LogP contribution in [0.15, 0.2) is 116 Å². The maximum absolute atomic E-state index is 12.5. The number of aliphatic hydroxyl groups is 1. The van der Waals surface area contributed by atoms with Crippen molar-refractivity contribution in [1.82, 2.24) is 14.5 Å². The first-order chi connectivity index (χ1) is 38.0. The second-order valence-corrected chi connectivity index (χ2v) is 19.3. The van der Waals surface area contributed by atoms with Gasteiger partial charge in [0.2, 0.25) is 5.91 Å². The number of halogens is 1. The summed E-state index contributed by atoms with van der Waals surface area (Å²) in [6.07, 6.45) is 4.64. The molecule has 0 saturated heterocycles. The van der Waals surface area contributed by atoms with Crippen molar-refractivity contribution in [2.45, 2.75) is 112 Å². The van der Waals surface area contributed by atoms with Gasteiger partial charge in [0.15, 0.2) is 0 Å². The first-order valence-electron chi connectivity index (χ1n) is 26.1. The van der Waals surface area contributed by atoms with E-state index >= 15 is 0 Å². The van der Waals surface area contributed by atoms with Gasteiger partial charge in [0.25, 0.3) is 0 Å². The van der Waals surface area contributed by atoms with Crippen LogP contribution >= 0.6 is 12.4 Å². The number of aromatic nitrogens is 2. The van der Waals surface area contributed by atoms with Crippen LogP contribution in [0.2, 0.25) is 0 Å². The van der Waals surface area contributed by atoms with E-state index in [1.54, 1.807) is 54.1 Å². The molecule has 81 heavy (non-hydrogen) atoms. The molecule has 7 rings (SSSR count). The summed E-state index contributed by atoms with van der Waals surface area (Å²) in [7, 11) is 6.15. The fourth-order valence-corrected chi connectivity index (χ4v) is 7.98. The average Bonchev–Trinajstić information content (AvgIpc) is 4.31. The predicted molar refractivity (Wildman–Crippen MR) is 303 cm³/mol. The molecule has 2 aliphatic rings. The fourth-order valence-electron chi connectivity index (χ4n) is 7.98. The highest BCUT2D eigenvalue weighted by atomic mass is 35.5. The number of aliphatic hydroxyl groups excluding tert-OH is 1. The topological polar surface area (TPSA) is 250 Å². The van der Waals surface area contributed by atoms with Crippen molar-refractivity contribution in [2.75, 3.05) is 34.5 Å². The number of nitrogens with zero attached hydrogens (tertiary/aromatic N) is 3. The molecule has 1 heterocycles. The van der Waals surface area contributed by atoms with Crippen molar-refractivity contribution in [3.63, 3.8) is 0 Å². The maximum Gasteiger partial charge on any atom is 0.516 e. The number of esters is 5. The molecule has 1 amide bonds. The Morgan fingerprint density at radius 3 is 1.28 bits per heavy atom. The molecule has 0 fully saturated rings. The lowest BCUT2D eigenvalue weighted by molar-refractivity contribution is -0.192. The second-order valence-electron chi connectivity index (χ2n) is 19.3. The van der Waals surface area contributed by atoms with Crippen molar-refractivity contribution in [2.24, 2.45) is 24.8 Å². The van der Waals surface area contributed by atoms with Gasteiger partial charge in [-0.3, -0.25) is 24.0 Å². The van der Waals surface area contributed by atoms with Gasteiger partial charge >= 0.3 is 42.2 Å². The van der Waals surface area contributed by atoms with Gasteiger partial charge in [-0.05, 0) is 85.5 Å². The Morgan fingerprint density at radius 1 is 0.617 bits per heavy atom. The third-order valence-electron chi connectivity index (χ3n) is 12.4. The standard InChI is InChI=1S/C24H27NO5.C23H24O6.C6H12O2.C4H6N2.C3H8O.CO2.ClH/c1-15(23(27)25(3)16(2)24(28)29-4)13-22(26)30-14-21-19-11-7-5-9-17(19)18-10-6-8-12-20(18)21;1-14(2)28-23(26)29-22(25)15(3)12-21(24)27-13-20-18-10-6-4-8-16(18)17-9-5-7-11-19(17)20;1-4-5(2)6(7)8-3;1-6-3-2-5-4-6;1-3(2)4;2-1-3;/h5-12,15-16,21H,13-14H2,1-4H3;4-11,14-15,20H,12-13H2,1-3H3;5H,4H2,1-3H3;2-4H,1H3;3-4H,1-2H3;;1H. The van der Waals surface area contributed by atoms with Gasteiger partial charge in [0.05, 0.1) is 51.3 Å². The van der Waals surface area contributed by atoms with Crippen molar-refractivity contribution >= 4 is 60.5 Å². The van der Waals surface area contributed by atoms with Gasteiger partial charge in [-0.25, -0.2) is 14.6 Å². The number of imidazole rings is 1. The molecular weight excluding hydrogens is 1070 g/mol. The van der Waals surface area contributed by atoms with E-state index in [0.29, 0.717) is 0 Å². The summed E-state index contributed by atoms with van der Waals surface area (Å²) in [4.78, 5) is 104. The molecule has 4 atom stereocenters. The number of carbonyl (C=O) groups excluding carboxylic acids is 9. The molecule has 0 radical (unpaired) electrons. The zero-order valence-corrected chi connectivity index (χ0v) is 49.3. The quantitative estimate of drug-likeness (QED) is 0.0581. The molecule has 5 aromatic rings. The largest absolute Gasteiger partial charge is 0.516 e. The highest BCUT2D eigenvalue weighted by molar-refractivity contribution is 5.88. The Hall–Kier alpha value is -7.99. The summed E-state index contributed by atoms with van der Waals surface area (Å²) in [5.41, 5.74) is 9.13. The van der Waals surface area contributed by atoms with Crippen molar-refractivity contribution in [3.8, 4) is 22.3 Å². The highest BCUT2D eigenvalue weighted by Crippen LogP contribution is 2.45. The molecular formula is C61H78ClN3O16. The summed E-state index contributed by atoms with van der Waals surface area (Å²) in [5, 5.41) is 8.06. The van der Waals surface area contributed by atoms with Crippen molar-refractivity contribution < 1.29 is 76.7 Å². The highest BCUT2D eigenvalue weighted by Gasteiger charge is 2.33. The Balaban J connectivity index is 0.000000593. The van der Waals surface area contributed by atoms with E-state index in [1.165, 1.54) is 33.1 Å². The summed E-state index contributed by atoms with van der Waals surface area (Å²) >= 11 is 0. The summed E-state index contributed by atoms with van der Waals surface area (Å²) < 4.78 is 31.4. The lowest BCUT2D eigenvalue weighted by Crippen LogP contribution is -2.43. The molecule has 4 unspecified atom stereocenters. The van der Waals surface area contributed by atoms with Gasteiger partial charge in [0, 0.05) is 50.3 Å². The lowest BCUT2D eigenvalue weighted by atomic mass is 9.98. The summed E-state index contributed by atoms with van der Waals surface area (Å²) in [6, 6.07) is 31.6. The van der Waals surface area contributed by atoms with Crippen molar-refractivity contribution in [3.05, 3.63) is 138 Å². The number of likely N-dealkylation sites (N-methyl/N-ethyl adjacent to an activating group) is 1. The molecule has 440 valence electrons. The first kappa shape index (κ1) is 71.0. The van der Waals surface area contributed by atoms with Crippen LogP contribution in [0.1, 0.15) is 116 Å². The Bertz CT molecular complexity index is 2720. The Labute approximate surface area is 481 Å². The minimum Gasteiger partial charge on any atom is -0.469 e. The minimum atomic E-state index is -1.07. The van der Waals surface area contributed by atoms with Crippen LogP contribution in [-0.4, -0.2) is 120 Å². The van der Waals surface area contributed by atoms with E-state index in [4.69, 9.17) is 28.9 Å². The maximum atomic E-state index is 12.5. The Morgan fingerprint density at radius 2 is 0.988 bits per heavy atom. The zero-order valence-electron chi connectivity index (χ0n) is 48.4. The minimum absolute atomic E-state index is 0. The smallest absolute Gasteiger partial charge is 0.469 e.